The molecule has 0 saturated carbocycles. The van der Waals surface area contributed by atoms with Gasteiger partial charge >= 0.3 is 5.97 Å². The second-order valence-corrected chi connectivity index (χ2v) is 6.90. The largest absolute Gasteiger partial charge is 0.462 e. The average Bonchev–Trinajstić information content (AvgIpc) is 2.26. The molecule has 1 aromatic carbocycles. The molecule has 0 amide bonds. The third-order valence-corrected chi connectivity index (χ3v) is 3.61. The van der Waals surface area contributed by atoms with Crippen LogP contribution in [0.1, 0.15) is 30.6 Å². The molecule has 0 fully saturated rings. The molecule has 106 valence electrons. The van der Waals surface area contributed by atoms with Gasteiger partial charge in [-0.15, -0.1) is 0 Å². The smallest absolute Gasteiger partial charge is 0.338 e. The van der Waals surface area contributed by atoms with Crippen LogP contribution in [0.15, 0.2) is 23.1 Å². The fourth-order valence-corrected chi connectivity index (χ4v) is 2.12. The van der Waals surface area contributed by atoms with E-state index in [2.05, 4.69) is 0 Å². The Labute approximate surface area is 113 Å². The van der Waals surface area contributed by atoms with Crippen molar-refractivity contribution in [3.8, 4) is 0 Å². The number of anilines is 1. The van der Waals surface area contributed by atoms with Crippen LogP contribution in [0, 0.1) is 5.92 Å². The van der Waals surface area contributed by atoms with Gasteiger partial charge in [-0.2, -0.15) is 0 Å². The highest BCUT2D eigenvalue weighted by Crippen LogP contribution is 2.17. The van der Waals surface area contributed by atoms with Crippen molar-refractivity contribution in [2.75, 3.05) is 18.6 Å². The lowest BCUT2D eigenvalue weighted by molar-refractivity contribution is 0.0488. The summed E-state index contributed by atoms with van der Waals surface area (Å²) in [5, 5.41) is 0. The molecule has 2 N–H and O–H groups in total. The fraction of sp³-hybridized carbons (Fsp3) is 0.462. The van der Waals surface area contributed by atoms with E-state index in [0.29, 0.717) is 12.5 Å². The maximum absolute atomic E-state index is 11.8. The Morgan fingerprint density at radius 2 is 1.95 bits per heavy atom. The average molecular weight is 285 g/mol. The standard InChI is InChI=1S/C13H19NO4S/c1-9(2)4-5-18-13(15)10-6-11(14)8-12(7-10)19(3,16)17/h6-9H,4-5,14H2,1-3H3. The summed E-state index contributed by atoms with van der Waals surface area (Å²) in [5.74, 6) is -0.127. The van der Waals surface area contributed by atoms with Crippen LogP contribution in [0.4, 0.5) is 5.69 Å². The number of sulfone groups is 1. The number of hydrogen-bond acceptors (Lipinski definition) is 5. The van der Waals surface area contributed by atoms with E-state index in [1.165, 1.54) is 18.2 Å². The zero-order valence-corrected chi connectivity index (χ0v) is 12.2. The second kappa shape index (κ2) is 6.06. The first-order chi connectivity index (χ1) is 8.70. The lowest BCUT2D eigenvalue weighted by Gasteiger charge is -2.08. The molecule has 0 bridgehead atoms. The Morgan fingerprint density at radius 3 is 2.47 bits per heavy atom. The van der Waals surface area contributed by atoms with Crippen LogP contribution >= 0.6 is 0 Å². The van der Waals surface area contributed by atoms with Crippen molar-refractivity contribution in [2.24, 2.45) is 5.92 Å². The molecule has 0 atom stereocenters. The van der Waals surface area contributed by atoms with Crippen LogP contribution in [-0.4, -0.2) is 27.2 Å². The molecule has 0 aromatic heterocycles. The molecule has 5 nitrogen and oxygen atoms in total. The van der Waals surface area contributed by atoms with E-state index in [9.17, 15) is 13.2 Å². The zero-order chi connectivity index (χ0) is 14.6. The predicted molar refractivity (Wildman–Crippen MR) is 73.7 cm³/mol. The SMILES string of the molecule is CC(C)CCOC(=O)c1cc(N)cc(S(C)(=O)=O)c1. The molecular formula is C13H19NO4S. The molecule has 0 radical (unpaired) electrons. The molecule has 0 aliphatic heterocycles. The Kier molecular flexibility index (Phi) is 4.94. The van der Waals surface area contributed by atoms with Crippen LogP contribution in [0.3, 0.4) is 0 Å². The minimum absolute atomic E-state index is 0.0170. The summed E-state index contributed by atoms with van der Waals surface area (Å²) in [6, 6.07) is 4.01. The summed E-state index contributed by atoms with van der Waals surface area (Å²) in [5.41, 5.74) is 5.98. The highest BCUT2D eigenvalue weighted by molar-refractivity contribution is 7.90. The number of ether oxygens (including phenoxy) is 1. The van der Waals surface area contributed by atoms with Crippen molar-refractivity contribution in [1.29, 1.82) is 0 Å². The van der Waals surface area contributed by atoms with Gasteiger partial charge in [0.1, 0.15) is 0 Å². The highest BCUT2D eigenvalue weighted by Gasteiger charge is 2.14. The number of nitrogen functional groups attached to an aromatic ring is 1. The predicted octanol–water partition coefficient (Wildman–Crippen LogP) is 1.88. The van der Waals surface area contributed by atoms with Crippen molar-refractivity contribution >= 4 is 21.5 Å². The summed E-state index contributed by atoms with van der Waals surface area (Å²) >= 11 is 0. The molecule has 0 heterocycles. The van der Waals surface area contributed by atoms with Gasteiger partial charge in [-0.25, -0.2) is 13.2 Å². The van der Waals surface area contributed by atoms with E-state index in [1.54, 1.807) is 0 Å². The highest BCUT2D eigenvalue weighted by atomic mass is 32.2. The third kappa shape index (κ3) is 4.90. The van der Waals surface area contributed by atoms with Gasteiger partial charge in [-0.3, -0.25) is 0 Å². The normalized spacial score (nSPS) is 11.6. The van der Waals surface area contributed by atoms with Gasteiger partial charge in [0.15, 0.2) is 9.84 Å². The van der Waals surface area contributed by atoms with E-state index < -0.39 is 15.8 Å². The maximum Gasteiger partial charge on any atom is 0.338 e. The lowest BCUT2D eigenvalue weighted by atomic mass is 10.1. The Balaban J connectivity index is 2.89. The summed E-state index contributed by atoms with van der Waals surface area (Å²) < 4.78 is 28.0. The summed E-state index contributed by atoms with van der Waals surface area (Å²) in [6.45, 7) is 4.35. The molecule has 0 aliphatic rings. The van der Waals surface area contributed by atoms with Crippen LogP contribution < -0.4 is 5.73 Å². The lowest BCUT2D eigenvalue weighted by Crippen LogP contribution is -2.10. The van der Waals surface area contributed by atoms with E-state index >= 15 is 0 Å². The molecule has 0 spiro atoms. The first-order valence-corrected chi connectivity index (χ1v) is 7.87. The molecule has 1 aromatic rings. The monoisotopic (exact) mass is 285 g/mol. The van der Waals surface area contributed by atoms with Gasteiger partial charge in [0.2, 0.25) is 0 Å². The van der Waals surface area contributed by atoms with Gasteiger partial charge in [-0.1, -0.05) is 13.8 Å². The molecule has 0 saturated heterocycles. The molecule has 6 heteroatoms. The number of carbonyl (C=O) groups is 1. The van der Waals surface area contributed by atoms with Gasteiger partial charge in [0.05, 0.1) is 17.1 Å². The number of hydrogen-bond donors (Lipinski definition) is 1. The van der Waals surface area contributed by atoms with Crippen molar-refractivity contribution in [1.82, 2.24) is 0 Å². The molecule has 19 heavy (non-hydrogen) atoms. The molecular weight excluding hydrogens is 266 g/mol. The summed E-state index contributed by atoms with van der Waals surface area (Å²) in [7, 11) is -3.40. The summed E-state index contributed by atoms with van der Waals surface area (Å²) in [6.07, 6.45) is 1.82. The second-order valence-electron chi connectivity index (χ2n) is 4.88. The van der Waals surface area contributed by atoms with E-state index in [4.69, 9.17) is 10.5 Å². The van der Waals surface area contributed by atoms with E-state index in [-0.39, 0.29) is 16.1 Å². The van der Waals surface area contributed by atoms with Gasteiger partial charge < -0.3 is 10.5 Å². The van der Waals surface area contributed by atoms with Gasteiger partial charge in [-0.05, 0) is 30.5 Å². The van der Waals surface area contributed by atoms with Crippen LogP contribution in [-0.2, 0) is 14.6 Å². The van der Waals surface area contributed by atoms with Crippen molar-refractivity contribution in [3.05, 3.63) is 23.8 Å². The van der Waals surface area contributed by atoms with Gasteiger partial charge in [0, 0.05) is 11.9 Å². The van der Waals surface area contributed by atoms with Gasteiger partial charge in [0.25, 0.3) is 0 Å². The Hall–Kier alpha value is -1.56. The quantitative estimate of drug-likeness (QED) is 0.659. The summed E-state index contributed by atoms with van der Waals surface area (Å²) in [4.78, 5) is 11.8. The molecule has 0 unspecified atom stereocenters. The number of rotatable bonds is 5. The molecule has 1 rings (SSSR count). The zero-order valence-electron chi connectivity index (χ0n) is 11.3. The first kappa shape index (κ1) is 15.5. The minimum atomic E-state index is -3.40. The van der Waals surface area contributed by atoms with Crippen LogP contribution in [0.2, 0.25) is 0 Å². The minimum Gasteiger partial charge on any atom is -0.462 e. The van der Waals surface area contributed by atoms with Crippen molar-refractivity contribution in [3.63, 3.8) is 0 Å². The first-order valence-electron chi connectivity index (χ1n) is 5.98. The Morgan fingerprint density at radius 1 is 1.32 bits per heavy atom. The topological polar surface area (TPSA) is 86.5 Å². The number of esters is 1. The van der Waals surface area contributed by atoms with Crippen LogP contribution in [0.25, 0.3) is 0 Å². The number of nitrogens with two attached hydrogens (primary N) is 1. The molecule has 0 aliphatic carbocycles. The van der Waals surface area contributed by atoms with E-state index in [0.717, 1.165) is 12.7 Å². The van der Waals surface area contributed by atoms with Crippen molar-refractivity contribution in [2.45, 2.75) is 25.2 Å². The van der Waals surface area contributed by atoms with Crippen LogP contribution in [0.5, 0.6) is 0 Å². The number of carbonyl (C=O) groups excluding carboxylic acids is 1. The Bertz CT molecular complexity index is 564. The number of benzene rings is 1. The third-order valence-electron chi connectivity index (χ3n) is 2.52. The van der Waals surface area contributed by atoms with E-state index in [1.807, 2.05) is 13.8 Å². The van der Waals surface area contributed by atoms with Crippen molar-refractivity contribution < 1.29 is 17.9 Å². The fourth-order valence-electron chi connectivity index (χ4n) is 1.42. The maximum atomic E-state index is 11.8.